The predicted octanol–water partition coefficient (Wildman–Crippen LogP) is 3.25. The second-order valence-electron chi connectivity index (χ2n) is 5.62. The molecular formula is C16H22FNO3. The molecule has 5 heteroatoms. The Labute approximate surface area is 124 Å². The Morgan fingerprint density at radius 3 is 2.76 bits per heavy atom. The van der Waals surface area contributed by atoms with Gasteiger partial charge in [0.25, 0.3) is 0 Å². The van der Waals surface area contributed by atoms with E-state index in [9.17, 15) is 9.18 Å². The average Bonchev–Trinajstić information content (AvgIpc) is 2.36. The van der Waals surface area contributed by atoms with E-state index in [-0.39, 0.29) is 12.4 Å². The van der Waals surface area contributed by atoms with Gasteiger partial charge in [0.2, 0.25) is 0 Å². The highest BCUT2D eigenvalue weighted by atomic mass is 19.1. The molecule has 0 radical (unpaired) electrons. The Morgan fingerprint density at radius 2 is 2.14 bits per heavy atom. The summed E-state index contributed by atoms with van der Waals surface area (Å²) in [6.07, 6.45) is 3.66. The minimum atomic E-state index is -0.516. The zero-order valence-corrected chi connectivity index (χ0v) is 12.6. The first-order valence-electron chi connectivity index (χ1n) is 6.84. The van der Waals surface area contributed by atoms with E-state index in [1.165, 1.54) is 12.1 Å². The predicted molar refractivity (Wildman–Crippen MR) is 80.2 cm³/mol. The van der Waals surface area contributed by atoms with Crippen LogP contribution >= 0.6 is 0 Å². The molecule has 0 saturated heterocycles. The lowest BCUT2D eigenvalue weighted by Crippen LogP contribution is -2.32. The van der Waals surface area contributed by atoms with Crippen LogP contribution in [0.25, 0.3) is 6.08 Å². The molecule has 1 aromatic rings. The van der Waals surface area contributed by atoms with E-state index in [4.69, 9.17) is 9.84 Å². The highest BCUT2D eigenvalue weighted by Gasteiger charge is 2.15. The topological polar surface area (TPSA) is 58.6 Å². The van der Waals surface area contributed by atoms with Crippen molar-refractivity contribution in [2.24, 2.45) is 0 Å². The monoisotopic (exact) mass is 295 g/mol. The summed E-state index contributed by atoms with van der Waals surface area (Å²) in [4.78, 5) is 11.4. The van der Waals surface area contributed by atoms with Crippen LogP contribution in [0, 0.1) is 5.82 Å². The maximum Gasteiger partial charge on any atom is 0.407 e. The number of hydrogen-bond acceptors (Lipinski definition) is 3. The lowest BCUT2D eigenvalue weighted by atomic mass is 10.1. The van der Waals surface area contributed by atoms with Crippen LogP contribution in [0.2, 0.25) is 0 Å². The Kier molecular flexibility index (Phi) is 6.37. The summed E-state index contributed by atoms with van der Waals surface area (Å²) in [5.74, 6) is -0.348. The van der Waals surface area contributed by atoms with Gasteiger partial charge in [-0.3, -0.25) is 0 Å². The van der Waals surface area contributed by atoms with Crippen molar-refractivity contribution < 1.29 is 19.0 Å². The van der Waals surface area contributed by atoms with Gasteiger partial charge >= 0.3 is 6.09 Å². The Morgan fingerprint density at radius 1 is 1.43 bits per heavy atom. The molecule has 0 heterocycles. The van der Waals surface area contributed by atoms with Gasteiger partial charge in [0.15, 0.2) is 0 Å². The Bertz CT molecular complexity index is 507. The molecular weight excluding hydrogens is 273 g/mol. The molecule has 1 amide bonds. The number of halogens is 1. The summed E-state index contributed by atoms with van der Waals surface area (Å²) in [5, 5.41) is 11.8. The number of benzene rings is 1. The maximum atomic E-state index is 13.1. The summed E-state index contributed by atoms with van der Waals surface area (Å²) in [5.41, 5.74) is 0.778. The third-order valence-corrected chi connectivity index (χ3v) is 2.55. The van der Waals surface area contributed by atoms with Crippen molar-refractivity contribution in [3.05, 3.63) is 41.2 Å². The second kappa shape index (κ2) is 7.78. The Balaban J connectivity index is 2.42. The molecule has 4 nitrogen and oxygen atoms in total. The maximum absolute atomic E-state index is 13.1. The van der Waals surface area contributed by atoms with Crippen LogP contribution < -0.4 is 5.32 Å². The molecule has 0 aromatic heterocycles. The highest BCUT2D eigenvalue weighted by Crippen LogP contribution is 2.13. The van der Waals surface area contributed by atoms with E-state index in [2.05, 4.69) is 5.32 Å². The molecule has 0 aliphatic heterocycles. The van der Waals surface area contributed by atoms with Crippen LogP contribution in [0.5, 0.6) is 0 Å². The zero-order valence-electron chi connectivity index (χ0n) is 12.6. The quantitative estimate of drug-likeness (QED) is 0.820. The van der Waals surface area contributed by atoms with E-state index in [0.29, 0.717) is 24.1 Å². The first kappa shape index (κ1) is 17.2. The van der Waals surface area contributed by atoms with E-state index < -0.39 is 11.7 Å². The Hall–Kier alpha value is -1.88. The molecule has 1 rings (SSSR count). The van der Waals surface area contributed by atoms with E-state index >= 15 is 0 Å². The van der Waals surface area contributed by atoms with Crippen molar-refractivity contribution in [2.45, 2.75) is 39.4 Å². The number of alkyl carbamates (subject to hydrolysis) is 1. The van der Waals surface area contributed by atoms with Crippen LogP contribution in [0.15, 0.2) is 24.3 Å². The number of carbonyl (C=O) groups excluding carboxylic acids is 1. The molecule has 116 valence electrons. The molecule has 1 aromatic carbocycles. The van der Waals surface area contributed by atoms with Gasteiger partial charge in [-0.15, -0.1) is 0 Å². The number of aliphatic hydroxyl groups excluding tert-OH is 1. The number of nitrogens with one attached hydrogen (secondary N) is 1. The highest BCUT2D eigenvalue weighted by molar-refractivity contribution is 5.67. The number of hydrogen-bond donors (Lipinski definition) is 2. The third kappa shape index (κ3) is 6.90. The molecule has 0 bridgehead atoms. The summed E-state index contributed by atoms with van der Waals surface area (Å²) in [6.45, 7) is 5.68. The van der Waals surface area contributed by atoms with Gasteiger partial charge in [0.05, 0.1) is 6.61 Å². The van der Waals surface area contributed by atoms with Gasteiger partial charge in [-0.05, 0) is 50.5 Å². The molecule has 0 saturated carbocycles. The van der Waals surface area contributed by atoms with Crippen LogP contribution in [-0.4, -0.2) is 23.3 Å². The van der Waals surface area contributed by atoms with Crippen molar-refractivity contribution in [2.75, 3.05) is 6.54 Å². The normalized spacial score (nSPS) is 11.7. The smallest absolute Gasteiger partial charge is 0.407 e. The van der Waals surface area contributed by atoms with Crippen LogP contribution in [-0.2, 0) is 11.3 Å². The van der Waals surface area contributed by atoms with Crippen LogP contribution in [0.4, 0.5) is 9.18 Å². The van der Waals surface area contributed by atoms with Crippen molar-refractivity contribution in [1.82, 2.24) is 5.32 Å². The summed E-state index contributed by atoms with van der Waals surface area (Å²) in [6, 6.07) is 4.23. The van der Waals surface area contributed by atoms with Crippen LogP contribution in [0.1, 0.15) is 38.3 Å². The largest absolute Gasteiger partial charge is 0.444 e. The molecule has 0 atom stereocenters. The van der Waals surface area contributed by atoms with E-state index in [0.717, 1.165) is 0 Å². The fourth-order valence-electron chi connectivity index (χ4n) is 1.65. The molecule has 0 aliphatic rings. The van der Waals surface area contributed by atoms with Crippen LogP contribution in [0.3, 0.4) is 0 Å². The van der Waals surface area contributed by atoms with Crippen molar-refractivity contribution >= 4 is 12.2 Å². The third-order valence-electron chi connectivity index (χ3n) is 2.55. The first-order valence-corrected chi connectivity index (χ1v) is 6.84. The first-order chi connectivity index (χ1) is 9.81. The molecule has 0 unspecified atom stereocenters. The number of ether oxygens (including phenoxy) is 1. The van der Waals surface area contributed by atoms with E-state index in [1.807, 2.05) is 6.08 Å². The number of carbonyl (C=O) groups is 1. The second-order valence-corrected chi connectivity index (χ2v) is 5.62. The van der Waals surface area contributed by atoms with Gasteiger partial charge < -0.3 is 15.2 Å². The summed E-state index contributed by atoms with van der Waals surface area (Å²) < 4.78 is 18.2. The fraction of sp³-hybridized carbons (Fsp3) is 0.438. The zero-order chi connectivity index (χ0) is 15.9. The van der Waals surface area contributed by atoms with Gasteiger partial charge in [-0.2, -0.15) is 0 Å². The average molecular weight is 295 g/mol. The molecule has 21 heavy (non-hydrogen) atoms. The number of amides is 1. The lowest BCUT2D eigenvalue weighted by molar-refractivity contribution is 0.0529. The SMILES string of the molecule is CC(C)(C)OC(=O)NCCC=Cc1cc(F)ccc1CO. The van der Waals surface area contributed by atoms with Gasteiger partial charge in [0.1, 0.15) is 11.4 Å². The minimum absolute atomic E-state index is 0.143. The van der Waals surface area contributed by atoms with Crippen molar-refractivity contribution in [3.8, 4) is 0 Å². The van der Waals surface area contributed by atoms with Crippen molar-refractivity contribution in [3.63, 3.8) is 0 Å². The summed E-state index contributed by atoms with van der Waals surface area (Å²) in [7, 11) is 0. The summed E-state index contributed by atoms with van der Waals surface area (Å²) >= 11 is 0. The van der Waals surface area contributed by atoms with Gasteiger partial charge in [-0.25, -0.2) is 9.18 Å². The lowest BCUT2D eigenvalue weighted by Gasteiger charge is -2.19. The van der Waals surface area contributed by atoms with Gasteiger partial charge in [-0.1, -0.05) is 18.2 Å². The standard InChI is InChI=1S/C16H22FNO3/c1-16(2,3)21-15(20)18-9-5-4-6-12-10-14(17)8-7-13(12)11-19/h4,6-8,10,19H,5,9,11H2,1-3H3,(H,18,20). The number of rotatable bonds is 5. The number of aliphatic hydroxyl groups is 1. The van der Waals surface area contributed by atoms with E-state index in [1.54, 1.807) is 32.9 Å². The van der Waals surface area contributed by atoms with Gasteiger partial charge in [0, 0.05) is 6.54 Å². The molecule has 0 aliphatic carbocycles. The molecule has 0 fully saturated rings. The molecule has 0 spiro atoms. The molecule has 2 N–H and O–H groups in total. The minimum Gasteiger partial charge on any atom is -0.444 e. The fourth-order valence-corrected chi connectivity index (χ4v) is 1.65. The van der Waals surface area contributed by atoms with Crippen molar-refractivity contribution in [1.29, 1.82) is 0 Å².